The fraction of sp³-hybridized carbons (Fsp3) is 0.385. The topological polar surface area (TPSA) is 48.1 Å². The van der Waals surface area contributed by atoms with Crippen molar-refractivity contribution in [2.75, 3.05) is 0 Å². The number of aryl methyl sites for hydroxylation is 1. The number of nitrogens with one attached hydrogen (secondary N) is 2. The van der Waals surface area contributed by atoms with Crippen LogP contribution in [0.4, 0.5) is 0 Å². The van der Waals surface area contributed by atoms with Gasteiger partial charge in [0.05, 0.1) is 18.1 Å². The van der Waals surface area contributed by atoms with Gasteiger partial charge in [0.25, 0.3) is 5.56 Å². The zero-order chi connectivity index (χ0) is 21.8. The van der Waals surface area contributed by atoms with Gasteiger partial charge in [-0.3, -0.25) is 4.79 Å². The van der Waals surface area contributed by atoms with Crippen molar-refractivity contribution < 1.29 is 0 Å². The minimum atomic E-state index is -0.0264. The molecule has 1 aliphatic carbocycles. The number of hydrogen-bond donors (Lipinski definition) is 2. The zero-order valence-electron chi connectivity index (χ0n) is 18.4. The first-order valence-electron chi connectivity index (χ1n) is 11.3. The van der Waals surface area contributed by atoms with Crippen LogP contribution in [0.25, 0.3) is 10.9 Å². The minimum absolute atomic E-state index is 0.0264. The standard InChI is InChI=1S/C26H31N3OS/c1-18-10-9-13-21-16-22(25(30)28-24(18)21)17-29(23-14-7-4-8-15-23)26(31)27-19(2)20-11-5-3-6-12-20/h3,5-6,9-13,16,19,23H,4,7-8,14-15,17H2,1-2H3,(H,27,31)(H,28,30). The van der Waals surface area contributed by atoms with Crippen molar-refractivity contribution in [3.05, 3.63) is 81.6 Å². The quantitative estimate of drug-likeness (QED) is 0.514. The Morgan fingerprint density at radius 3 is 2.61 bits per heavy atom. The average molecular weight is 434 g/mol. The average Bonchev–Trinajstić information content (AvgIpc) is 2.79. The molecule has 31 heavy (non-hydrogen) atoms. The van der Waals surface area contributed by atoms with E-state index in [0.29, 0.717) is 12.6 Å². The van der Waals surface area contributed by atoms with Crippen molar-refractivity contribution in [1.29, 1.82) is 0 Å². The monoisotopic (exact) mass is 433 g/mol. The molecular weight excluding hydrogens is 402 g/mol. The lowest BCUT2D eigenvalue weighted by Gasteiger charge is -2.37. The van der Waals surface area contributed by atoms with Gasteiger partial charge in [-0.15, -0.1) is 0 Å². The van der Waals surface area contributed by atoms with E-state index in [9.17, 15) is 4.79 Å². The van der Waals surface area contributed by atoms with Gasteiger partial charge in [0.2, 0.25) is 0 Å². The van der Waals surface area contributed by atoms with Gasteiger partial charge in [-0.05, 0) is 61.5 Å². The first-order chi connectivity index (χ1) is 15.0. The van der Waals surface area contributed by atoms with Crippen molar-refractivity contribution in [2.24, 2.45) is 0 Å². The molecule has 2 N–H and O–H groups in total. The van der Waals surface area contributed by atoms with E-state index in [2.05, 4.69) is 40.3 Å². The fourth-order valence-corrected chi connectivity index (χ4v) is 4.97. The maximum Gasteiger partial charge on any atom is 0.253 e. The number of aromatic amines is 1. The van der Waals surface area contributed by atoms with E-state index in [-0.39, 0.29) is 11.6 Å². The molecule has 1 fully saturated rings. The smallest absolute Gasteiger partial charge is 0.253 e. The summed E-state index contributed by atoms with van der Waals surface area (Å²) in [7, 11) is 0. The Kier molecular flexibility index (Phi) is 6.71. The number of rotatable bonds is 5. The summed E-state index contributed by atoms with van der Waals surface area (Å²) in [6, 6.07) is 19.0. The maximum atomic E-state index is 12.9. The van der Waals surface area contributed by atoms with E-state index in [1.54, 1.807) is 0 Å². The summed E-state index contributed by atoms with van der Waals surface area (Å²) < 4.78 is 0. The third kappa shape index (κ3) is 4.99. The number of fused-ring (bicyclic) bond motifs is 1. The van der Waals surface area contributed by atoms with Gasteiger partial charge in [-0.2, -0.15) is 0 Å². The summed E-state index contributed by atoms with van der Waals surface area (Å²) in [5.41, 5.74) is 3.94. The Bertz CT molecular complexity index is 1100. The number of H-pyrrole nitrogens is 1. The molecule has 1 atom stereocenters. The Morgan fingerprint density at radius 1 is 1.13 bits per heavy atom. The SMILES string of the molecule is Cc1cccc2cc(CN(C(=S)NC(C)c3ccccc3)C3CCCCC3)c(=O)[nH]c12. The van der Waals surface area contributed by atoms with E-state index >= 15 is 0 Å². The van der Waals surface area contributed by atoms with Crippen LogP contribution in [0.3, 0.4) is 0 Å². The molecule has 3 aromatic rings. The molecular formula is C26H31N3OS. The molecule has 0 spiro atoms. The first kappa shape index (κ1) is 21.6. The Morgan fingerprint density at radius 2 is 1.87 bits per heavy atom. The van der Waals surface area contributed by atoms with E-state index in [0.717, 1.165) is 40.0 Å². The lowest BCUT2D eigenvalue weighted by Crippen LogP contribution is -2.47. The number of hydrogen-bond acceptors (Lipinski definition) is 2. The third-order valence-corrected chi connectivity index (χ3v) is 6.77. The molecule has 0 saturated heterocycles. The zero-order valence-corrected chi connectivity index (χ0v) is 19.2. The Balaban J connectivity index is 1.61. The van der Waals surface area contributed by atoms with Crippen LogP contribution in [0.2, 0.25) is 0 Å². The van der Waals surface area contributed by atoms with Crippen LogP contribution in [0.1, 0.15) is 61.8 Å². The summed E-state index contributed by atoms with van der Waals surface area (Å²) in [4.78, 5) is 18.3. The van der Waals surface area contributed by atoms with E-state index in [1.165, 1.54) is 24.8 Å². The van der Waals surface area contributed by atoms with Crippen LogP contribution in [-0.4, -0.2) is 21.0 Å². The fourth-order valence-electron chi connectivity index (χ4n) is 4.58. The first-order valence-corrected chi connectivity index (χ1v) is 11.7. The van der Waals surface area contributed by atoms with Crippen molar-refractivity contribution in [3.8, 4) is 0 Å². The number of nitrogens with zero attached hydrogens (tertiary/aromatic N) is 1. The predicted molar refractivity (Wildman–Crippen MR) is 132 cm³/mol. The number of aromatic nitrogens is 1. The molecule has 4 nitrogen and oxygen atoms in total. The second-order valence-corrected chi connectivity index (χ2v) is 9.05. The molecule has 1 aliphatic rings. The summed E-state index contributed by atoms with van der Waals surface area (Å²) in [6.45, 7) is 4.68. The van der Waals surface area contributed by atoms with Crippen LogP contribution in [0.15, 0.2) is 59.4 Å². The second-order valence-electron chi connectivity index (χ2n) is 8.66. The van der Waals surface area contributed by atoms with Crippen molar-refractivity contribution in [1.82, 2.24) is 15.2 Å². The van der Waals surface area contributed by atoms with Gasteiger partial charge in [0.1, 0.15) is 0 Å². The van der Waals surface area contributed by atoms with Gasteiger partial charge in [-0.25, -0.2) is 0 Å². The van der Waals surface area contributed by atoms with Gasteiger partial charge >= 0.3 is 0 Å². The van der Waals surface area contributed by atoms with Crippen LogP contribution in [0.5, 0.6) is 0 Å². The molecule has 4 rings (SSSR count). The summed E-state index contributed by atoms with van der Waals surface area (Å²) in [5, 5.41) is 5.32. The molecule has 0 bridgehead atoms. The van der Waals surface area contributed by atoms with Crippen molar-refractivity contribution >= 4 is 28.2 Å². The van der Waals surface area contributed by atoms with Crippen LogP contribution >= 0.6 is 12.2 Å². The molecule has 5 heteroatoms. The minimum Gasteiger partial charge on any atom is -0.356 e. The van der Waals surface area contributed by atoms with E-state index < -0.39 is 0 Å². The highest BCUT2D eigenvalue weighted by Gasteiger charge is 2.25. The predicted octanol–water partition coefficient (Wildman–Crippen LogP) is 5.61. The third-order valence-electron chi connectivity index (χ3n) is 6.42. The Hall–Kier alpha value is -2.66. The molecule has 0 amide bonds. The van der Waals surface area contributed by atoms with Gasteiger partial charge < -0.3 is 15.2 Å². The number of thiocarbonyl (C=S) groups is 1. The molecule has 1 aromatic heterocycles. The van der Waals surface area contributed by atoms with Crippen LogP contribution in [-0.2, 0) is 6.54 Å². The highest BCUT2D eigenvalue weighted by atomic mass is 32.1. The van der Waals surface area contributed by atoms with E-state index in [1.807, 2.05) is 43.3 Å². The number of benzene rings is 2. The van der Waals surface area contributed by atoms with Crippen LogP contribution < -0.4 is 10.9 Å². The highest BCUT2D eigenvalue weighted by molar-refractivity contribution is 7.80. The van der Waals surface area contributed by atoms with E-state index in [4.69, 9.17) is 12.2 Å². The molecule has 162 valence electrons. The summed E-state index contributed by atoms with van der Waals surface area (Å²) in [6.07, 6.45) is 5.94. The van der Waals surface area contributed by atoms with Crippen molar-refractivity contribution in [3.63, 3.8) is 0 Å². The molecule has 1 unspecified atom stereocenters. The molecule has 0 aliphatic heterocycles. The van der Waals surface area contributed by atoms with Crippen LogP contribution in [0, 0.1) is 6.92 Å². The largest absolute Gasteiger partial charge is 0.356 e. The lowest BCUT2D eigenvalue weighted by atomic mass is 9.94. The summed E-state index contributed by atoms with van der Waals surface area (Å²) >= 11 is 5.89. The lowest BCUT2D eigenvalue weighted by molar-refractivity contribution is 0.233. The van der Waals surface area contributed by atoms with Gasteiger partial charge in [-0.1, -0.05) is 67.8 Å². The van der Waals surface area contributed by atoms with Gasteiger partial charge in [0.15, 0.2) is 5.11 Å². The Labute approximate surface area is 189 Å². The molecule has 2 aromatic carbocycles. The maximum absolute atomic E-state index is 12.9. The summed E-state index contributed by atoms with van der Waals surface area (Å²) in [5.74, 6) is 0. The number of pyridine rings is 1. The molecule has 1 saturated carbocycles. The molecule has 1 heterocycles. The molecule has 0 radical (unpaired) electrons. The normalized spacial score (nSPS) is 15.5. The van der Waals surface area contributed by atoms with Crippen molar-refractivity contribution in [2.45, 2.75) is 64.6 Å². The number of para-hydroxylation sites is 1. The highest BCUT2D eigenvalue weighted by Crippen LogP contribution is 2.25. The second kappa shape index (κ2) is 9.65. The van der Waals surface area contributed by atoms with Gasteiger partial charge in [0, 0.05) is 11.6 Å².